The molecular weight excluding hydrogens is 312 g/mol. The maximum absolute atomic E-state index is 12.1. The SMILES string of the molecule is CN(Cc1ccc2c(c1)CCCC2NC(=O)OC(C)(C)C)C(C)(C)C. The van der Waals surface area contributed by atoms with E-state index in [1.807, 2.05) is 20.8 Å². The van der Waals surface area contributed by atoms with Gasteiger partial charge in [0.2, 0.25) is 0 Å². The average Bonchev–Trinajstić information content (AvgIpc) is 2.44. The number of benzene rings is 1. The first-order chi connectivity index (χ1) is 11.5. The molecule has 1 N–H and O–H groups in total. The molecule has 0 aromatic heterocycles. The summed E-state index contributed by atoms with van der Waals surface area (Å²) in [5.74, 6) is 0. The lowest BCUT2D eigenvalue weighted by Gasteiger charge is -2.33. The van der Waals surface area contributed by atoms with Gasteiger partial charge in [0.1, 0.15) is 5.60 Å². The van der Waals surface area contributed by atoms with E-state index in [9.17, 15) is 4.79 Å². The van der Waals surface area contributed by atoms with Gasteiger partial charge in [0.15, 0.2) is 0 Å². The van der Waals surface area contributed by atoms with Gasteiger partial charge in [0, 0.05) is 12.1 Å². The molecule has 1 aliphatic carbocycles. The van der Waals surface area contributed by atoms with E-state index in [-0.39, 0.29) is 17.7 Å². The van der Waals surface area contributed by atoms with Gasteiger partial charge in [-0.25, -0.2) is 4.79 Å². The van der Waals surface area contributed by atoms with Crippen molar-refractivity contribution in [3.8, 4) is 0 Å². The Hall–Kier alpha value is -1.55. The number of nitrogens with zero attached hydrogens (tertiary/aromatic N) is 1. The second-order valence-corrected chi connectivity index (χ2v) is 9.15. The first-order valence-electron chi connectivity index (χ1n) is 9.28. The number of carbonyl (C=O) groups is 1. The molecule has 1 aliphatic rings. The lowest BCUT2D eigenvalue weighted by molar-refractivity contribution is 0.0498. The first kappa shape index (κ1) is 19.8. The van der Waals surface area contributed by atoms with Gasteiger partial charge in [0.25, 0.3) is 0 Å². The zero-order valence-electron chi connectivity index (χ0n) is 16.9. The topological polar surface area (TPSA) is 41.6 Å². The molecule has 1 amide bonds. The van der Waals surface area contributed by atoms with Gasteiger partial charge in [-0.05, 0) is 84.5 Å². The van der Waals surface area contributed by atoms with Crippen molar-refractivity contribution >= 4 is 6.09 Å². The number of alkyl carbamates (subject to hydrolysis) is 1. The monoisotopic (exact) mass is 346 g/mol. The first-order valence-corrected chi connectivity index (χ1v) is 9.28. The number of hydrogen-bond donors (Lipinski definition) is 1. The Kier molecular flexibility index (Phi) is 5.82. The number of fused-ring (bicyclic) bond motifs is 1. The molecule has 4 nitrogen and oxygen atoms in total. The largest absolute Gasteiger partial charge is 0.444 e. The van der Waals surface area contributed by atoms with Crippen LogP contribution in [0.2, 0.25) is 0 Å². The number of rotatable bonds is 3. The maximum atomic E-state index is 12.1. The zero-order valence-corrected chi connectivity index (χ0v) is 16.9. The third-order valence-electron chi connectivity index (χ3n) is 4.78. The summed E-state index contributed by atoms with van der Waals surface area (Å²) in [6.45, 7) is 13.3. The fraction of sp³-hybridized carbons (Fsp3) is 0.667. The van der Waals surface area contributed by atoms with Crippen molar-refractivity contribution in [1.82, 2.24) is 10.2 Å². The number of aryl methyl sites for hydroxylation is 1. The predicted octanol–water partition coefficient (Wildman–Crippen LogP) is 4.82. The Morgan fingerprint density at radius 3 is 2.52 bits per heavy atom. The standard InChI is InChI=1S/C21H34N2O2/c1-20(2,3)23(7)14-15-11-12-17-16(13-15)9-8-10-18(17)22-19(24)25-21(4,5)6/h11-13,18H,8-10,14H2,1-7H3,(H,22,24). The molecule has 1 aromatic carbocycles. The van der Waals surface area contributed by atoms with Crippen LogP contribution in [0.25, 0.3) is 0 Å². The van der Waals surface area contributed by atoms with E-state index in [2.05, 4.69) is 56.2 Å². The minimum absolute atomic E-state index is 0.0491. The van der Waals surface area contributed by atoms with Gasteiger partial charge in [-0.1, -0.05) is 18.2 Å². The summed E-state index contributed by atoms with van der Waals surface area (Å²) >= 11 is 0. The second-order valence-electron chi connectivity index (χ2n) is 9.15. The van der Waals surface area contributed by atoms with Gasteiger partial charge >= 0.3 is 6.09 Å². The predicted molar refractivity (Wildman–Crippen MR) is 103 cm³/mol. The molecule has 1 aromatic rings. The summed E-state index contributed by atoms with van der Waals surface area (Å²) in [7, 11) is 2.16. The summed E-state index contributed by atoms with van der Waals surface area (Å²) < 4.78 is 5.41. The molecule has 0 heterocycles. The van der Waals surface area contributed by atoms with E-state index in [0.29, 0.717) is 0 Å². The minimum Gasteiger partial charge on any atom is -0.444 e. The van der Waals surface area contributed by atoms with Crippen LogP contribution in [-0.4, -0.2) is 29.2 Å². The molecule has 0 spiro atoms. The minimum atomic E-state index is -0.469. The van der Waals surface area contributed by atoms with Crippen molar-refractivity contribution in [1.29, 1.82) is 0 Å². The van der Waals surface area contributed by atoms with Crippen molar-refractivity contribution in [2.45, 2.75) is 84.5 Å². The molecule has 0 radical (unpaired) electrons. The second kappa shape index (κ2) is 7.36. The summed E-state index contributed by atoms with van der Waals surface area (Å²) in [5, 5.41) is 3.04. The Morgan fingerprint density at radius 1 is 1.24 bits per heavy atom. The van der Waals surface area contributed by atoms with Crippen molar-refractivity contribution in [2.24, 2.45) is 0 Å². The molecule has 0 aliphatic heterocycles. The van der Waals surface area contributed by atoms with Crippen molar-refractivity contribution in [2.75, 3.05) is 7.05 Å². The van der Waals surface area contributed by atoms with Crippen molar-refractivity contribution < 1.29 is 9.53 Å². The highest BCUT2D eigenvalue weighted by Crippen LogP contribution is 2.31. The van der Waals surface area contributed by atoms with E-state index in [1.54, 1.807) is 0 Å². The third kappa shape index (κ3) is 5.74. The Balaban J connectivity index is 2.10. The molecule has 1 unspecified atom stereocenters. The Bertz CT molecular complexity index is 611. The molecule has 0 saturated heterocycles. The van der Waals surface area contributed by atoms with Gasteiger partial charge < -0.3 is 10.1 Å². The van der Waals surface area contributed by atoms with Gasteiger partial charge in [-0.3, -0.25) is 4.90 Å². The van der Waals surface area contributed by atoms with Crippen molar-refractivity contribution in [3.05, 3.63) is 34.9 Å². The van der Waals surface area contributed by atoms with Crippen LogP contribution in [0.3, 0.4) is 0 Å². The molecular formula is C21H34N2O2. The summed E-state index contributed by atoms with van der Waals surface area (Å²) in [6, 6.07) is 6.73. The van der Waals surface area contributed by atoms with Crippen LogP contribution in [0.15, 0.2) is 18.2 Å². The fourth-order valence-electron chi connectivity index (χ4n) is 3.08. The van der Waals surface area contributed by atoms with E-state index in [1.165, 1.54) is 16.7 Å². The number of nitrogens with one attached hydrogen (secondary N) is 1. The third-order valence-corrected chi connectivity index (χ3v) is 4.78. The maximum Gasteiger partial charge on any atom is 0.408 e. The Morgan fingerprint density at radius 2 is 1.92 bits per heavy atom. The van der Waals surface area contributed by atoms with Crippen LogP contribution in [0.1, 0.15) is 77.1 Å². The quantitative estimate of drug-likeness (QED) is 0.853. The number of ether oxygens (including phenoxy) is 1. The molecule has 0 saturated carbocycles. The van der Waals surface area contributed by atoms with Crippen molar-refractivity contribution in [3.63, 3.8) is 0 Å². The normalized spacial score (nSPS) is 18.0. The number of amides is 1. The lowest BCUT2D eigenvalue weighted by Crippen LogP contribution is -2.37. The molecule has 140 valence electrons. The molecule has 1 atom stereocenters. The van der Waals surface area contributed by atoms with Crippen LogP contribution < -0.4 is 5.32 Å². The smallest absolute Gasteiger partial charge is 0.408 e. The molecule has 0 bridgehead atoms. The summed E-state index contributed by atoms with van der Waals surface area (Å²) in [5.41, 5.74) is 3.60. The van der Waals surface area contributed by atoms with Gasteiger partial charge in [-0.15, -0.1) is 0 Å². The highest BCUT2D eigenvalue weighted by Gasteiger charge is 2.25. The molecule has 4 heteroatoms. The van der Waals surface area contributed by atoms with Crippen LogP contribution in [0.5, 0.6) is 0 Å². The van der Waals surface area contributed by atoms with E-state index in [0.717, 1.165) is 25.8 Å². The van der Waals surface area contributed by atoms with Gasteiger partial charge in [0.05, 0.1) is 6.04 Å². The van der Waals surface area contributed by atoms with E-state index < -0.39 is 5.60 Å². The summed E-state index contributed by atoms with van der Waals surface area (Å²) in [6.07, 6.45) is 2.80. The van der Waals surface area contributed by atoms with Crippen LogP contribution in [-0.2, 0) is 17.7 Å². The van der Waals surface area contributed by atoms with E-state index >= 15 is 0 Å². The number of hydrogen-bond acceptors (Lipinski definition) is 3. The molecule has 2 rings (SSSR count). The Labute approximate surface area is 152 Å². The summed E-state index contributed by atoms with van der Waals surface area (Å²) in [4.78, 5) is 14.5. The van der Waals surface area contributed by atoms with Crippen LogP contribution in [0.4, 0.5) is 4.79 Å². The fourth-order valence-corrected chi connectivity index (χ4v) is 3.08. The molecule has 25 heavy (non-hydrogen) atoms. The molecule has 0 fully saturated rings. The highest BCUT2D eigenvalue weighted by atomic mass is 16.6. The average molecular weight is 347 g/mol. The number of carbonyl (C=O) groups excluding carboxylic acids is 1. The lowest BCUT2D eigenvalue weighted by atomic mass is 9.86. The van der Waals surface area contributed by atoms with Gasteiger partial charge in [-0.2, -0.15) is 0 Å². The zero-order chi connectivity index (χ0) is 18.8. The highest BCUT2D eigenvalue weighted by molar-refractivity contribution is 5.68. The van der Waals surface area contributed by atoms with E-state index in [4.69, 9.17) is 4.74 Å². The van der Waals surface area contributed by atoms with Crippen LogP contribution >= 0.6 is 0 Å². The van der Waals surface area contributed by atoms with Crippen LogP contribution in [0, 0.1) is 0 Å².